The fourth-order valence-electron chi connectivity index (χ4n) is 3.23. The number of methoxy groups -OCH3 is 1. The normalized spacial score (nSPS) is 17.9. The van der Waals surface area contributed by atoms with Crippen LogP contribution in [0.1, 0.15) is 28.9 Å². The Morgan fingerprint density at radius 1 is 1.25 bits per heavy atom. The molecule has 0 saturated carbocycles. The van der Waals surface area contributed by atoms with Crippen molar-refractivity contribution in [2.24, 2.45) is 0 Å². The molecule has 2 atom stereocenters. The van der Waals surface area contributed by atoms with Crippen molar-refractivity contribution in [1.82, 2.24) is 4.90 Å². The molecule has 0 spiro atoms. The maximum absolute atomic E-state index is 12.3. The highest BCUT2D eigenvalue weighted by Crippen LogP contribution is 2.25. The molecule has 28 heavy (non-hydrogen) atoms. The number of hydrogen-bond donors (Lipinski definition) is 2. The summed E-state index contributed by atoms with van der Waals surface area (Å²) < 4.78 is 10.4. The van der Waals surface area contributed by atoms with Crippen molar-refractivity contribution >= 4 is 17.5 Å². The van der Waals surface area contributed by atoms with Crippen molar-refractivity contribution in [3.63, 3.8) is 0 Å². The van der Waals surface area contributed by atoms with E-state index in [0.717, 1.165) is 0 Å². The first-order valence-corrected chi connectivity index (χ1v) is 9.14. The fraction of sp³-hybridized carbons (Fsp3) is 0.333. The summed E-state index contributed by atoms with van der Waals surface area (Å²) in [5.74, 6) is 0.321. The molecule has 2 N–H and O–H groups in total. The molecule has 0 aliphatic carbocycles. The molecule has 2 aromatic carbocycles. The second-order valence-electron chi connectivity index (χ2n) is 6.51. The number of likely N-dealkylation sites (N-methyl/N-ethyl adjacent to an activating group) is 1. The van der Waals surface area contributed by atoms with E-state index in [4.69, 9.17) is 9.47 Å². The van der Waals surface area contributed by atoms with Crippen LogP contribution in [-0.4, -0.2) is 54.7 Å². The Bertz CT molecular complexity index is 820. The zero-order valence-corrected chi connectivity index (χ0v) is 15.9. The standard InChI is InChI=1S/C21H24N2O5/c1-3-23-18(12-28-13-19(23)24)20(25)14-4-8-16(9-5-14)22-21(26)15-6-10-17(27-2)11-7-15/h4-11,18,20,25H,3,12-13H2,1-2H3,(H,22,26)/t18-,20-/m1/s1. The molecule has 7 nitrogen and oxygen atoms in total. The van der Waals surface area contributed by atoms with Gasteiger partial charge in [-0.05, 0) is 48.9 Å². The van der Waals surface area contributed by atoms with E-state index >= 15 is 0 Å². The number of carbonyl (C=O) groups excluding carboxylic acids is 2. The molecule has 2 aromatic rings. The molecule has 2 amide bonds. The number of benzene rings is 2. The Balaban J connectivity index is 1.67. The summed E-state index contributed by atoms with van der Waals surface area (Å²) in [6.45, 7) is 2.73. The van der Waals surface area contributed by atoms with Gasteiger partial charge in [-0.1, -0.05) is 12.1 Å². The summed E-state index contributed by atoms with van der Waals surface area (Å²) in [5, 5.41) is 13.5. The van der Waals surface area contributed by atoms with Crippen LogP contribution < -0.4 is 10.1 Å². The zero-order valence-electron chi connectivity index (χ0n) is 15.9. The van der Waals surface area contributed by atoms with E-state index in [9.17, 15) is 14.7 Å². The first-order valence-electron chi connectivity index (χ1n) is 9.14. The third-order valence-corrected chi connectivity index (χ3v) is 4.80. The van der Waals surface area contributed by atoms with Crippen molar-refractivity contribution < 1.29 is 24.2 Å². The summed E-state index contributed by atoms with van der Waals surface area (Å²) in [7, 11) is 1.57. The van der Waals surface area contributed by atoms with Crippen LogP contribution in [0.5, 0.6) is 5.75 Å². The quantitative estimate of drug-likeness (QED) is 0.797. The van der Waals surface area contributed by atoms with E-state index < -0.39 is 12.1 Å². The van der Waals surface area contributed by atoms with Crippen LogP contribution in [0.25, 0.3) is 0 Å². The number of morpholine rings is 1. The van der Waals surface area contributed by atoms with Gasteiger partial charge in [0, 0.05) is 17.8 Å². The lowest BCUT2D eigenvalue weighted by atomic mass is 10.00. The topological polar surface area (TPSA) is 88.1 Å². The number of aliphatic hydroxyl groups is 1. The maximum atomic E-state index is 12.3. The summed E-state index contributed by atoms with van der Waals surface area (Å²) in [6.07, 6.45) is -0.865. The minimum absolute atomic E-state index is 0.0490. The summed E-state index contributed by atoms with van der Waals surface area (Å²) in [5.41, 5.74) is 1.78. The van der Waals surface area contributed by atoms with E-state index in [1.807, 2.05) is 6.92 Å². The molecule has 1 saturated heterocycles. The van der Waals surface area contributed by atoms with Gasteiger partial charge >= 0.3 is 0 Å². The van der Waals surface area contributed by atoms with E-state index in [1.54, 1.807) is 60.5 Å². The van der Waals surface area contributed by atoms with Crippen molar-refractivity contribution in [2.75, 3.05) is 32.2 Å². The van der Waals surface area contributed by atoms with Gasteiger partial charge in [-0.3, -0.25) is 9.59 Å². The summed E-state index contributed by atoms with van der Waals surface area (Å²) >= 11 is 0. The molecule has 1 aliphatic heterocycles. The predicted octanol–water partition coefficient (Wildman–Crippen LogP) is 2.23. The highest BCUT2D eigenvalue weighted by molar-refractivity contribution is 6.04. The first kappa shape index (κ1) is 19.9. The first-order chi connectivity index (χ1) is 13.5. The highest BCUT2D eigenvalue weighted by atomic mass is 16.5. The average Bonchev–Trinajstić information content (AvgIpc) is 2.73. The van der Waals surface area contributed by atoms with Gasteiger partial charge in [0.1, 0.15) is 18.5 Å². The van der Waals surface area contributed by atoms with Gasteiger partial charge in [0.2, 0.25) is 5.91 Å². The van der Waals surface area contributed by atoms with Gasteiger partial charge in [0.05, 0.1) is 19.8 Å². The van der Waals surface area contributed by atoms with E-state index in [1.165, 1.54) is 0 Å². The third-order valence-electron chi connectivity index (χ3n) is 4.80. The molecule has 7 heteroatoms. The molecule has 1 aliphatic rings. The van der Waals surface area contributed by atoms with E-state index in [2.05, 4.69) is 5.32 Å². The van der Waals surface area contributed by atoms with Crippen LogP contribution in [0.15, 0.2) is 48.5 Å². The monoisotopic (exact) mass is 384 g/mol. The number of anilines is 1. The van der Waals surface area contributed by atoms with Crippen molar-refractivity contribution in [2.45, 2.75) is 19.1 Å². The Hall–Kier alpha value is -2.90. The van der Waals surface area contributed by atoms with Crippen LogP contribution >= 0.6 is 0 Å². The second kappa shape index (κ2) is 8.86. The molecule has 0 radical (unpaired) electrons. The smallest absolute Gasteiger partial charge is 0.255 e. The number of nitrogens with zero attached hydrogens (tertiary/aromatic N) is 1. The van der Waals surface area contributed by atoms with Crippen molar-refractivity contribution in [3.8, 4) is 5.75 Å². The molecule has 0 aromatic heterocycles. The van der Waals surface area contributed by atoms with Crippen LogP contribution in [0.2, 0.25) is 0 Å². The van der Waals surface area contributed by atoms with Gasteiger partial charge in [-0.15, -0.1) is 0 Å². The van der Waals surface area contributed by atoms with Crippen LogP contribution in [0, 0.1) is 0 Å². The Morgan fingerprint density at radius 2 is 1.93 bits per heavy atom. The molecule has 0 unspecified atom stereocenters. The minimum Gasteiger partial charge on any atom is -0.497 e. The zero-order chi connectivity index (χ0) is 20.1. The number of rotatable bonds is 6. The van der Waals surface area contributed by atoms with Gasteiger partial charge in [-0.2, -0.15) is 0 Å². The molecule has 1 fully saturated rings. The number of nitrogens with one attached hydrogen (secondary N) is 1. The van der Waals surface area contributed by atoms with Crippen LogP contribution in [0.3, 0.4) is 0 Å². The third kappa shape index (κ3) is 4.32. The highest BCUT2D eigenvalue weighted by Gasteiger charge is 2.33. The number of ether oxygens (including phenoxy) is 2. The summed E-state index contributed by atoms with van der Waals surface area (Å²) in [6, 6.07) is 13.3. The second-order valence-corrected chi connectivity index (χ2v) is 6.51. The Morgan fingerprint density at radius 3 is 2.54 bits per heavy atom. The molecule has 0 bridgehead atoms. The Labute approximate surface area is 163 Å². The average molecular weight is 384 g/mol. The molecule has 1 heterocycles. The van der Waals surface area contributed by atoms with E-state index in [0.29, 0.717) is 29.1 Å². The Kier molecular flexibility index (Phi) is 6.28. The lowest BCUT2D eigenvalue weighted by molar-refractivity contribution is -0.153. The van der Waals surface area contributed by atoms with Crippen LogP contribution in [-0.2, 0) is 9.53 Å². The molecule has 3 rings (SSSR count). The minimum atomic E-state index is -0.865. The molecular formula is C21H24N2O5. The van der Waals surface area contributed by atoms with Gasteiger partial charge in [0.25, 0.3) is 5.91 Å². The van der Waals surface area contributed by atoms with Gasteiger partial charge in [-0.25, -0.2) is 0 Å². The number of amides is 2. The van der Waals surface area contributed by atoms with E-state index in [-0.39, 0.29) is 25.0 Å². The lowest BCUT2D eigenvalue weighted by Crippen LogP contribution is -2.51. The predicted molar refractivity (Wildman–Crippen MR) is 104 cm³/mol. The van der Waals surface area contributed by atoms with Gasteiger partial charge < -0.3 is 24.8 Å². The van der Waals surface area contributed by atoms with Crippen molar-refractivity contribution in [3.05, 3.63) is 59.7 Å². The summed E-state index contributed by atoms with van der Waals surface area (Å²) in [4.78, 5) is 25.9. The largest absolute Gasteiger partial charge is 0.497 e. The fourth-order valence-corrected chi connectivity index (χ4v) is 3.23. The molecule has 148 valence electrons. The number of carbonyl (C=O) groups is 2. The lowest BCUT2D eigenvalue weighted by Gasteiger charge is -2.37. The van der Waals surface area contributed by atoms with Crippen LogP contribution in [0.4, 0.5) is 5.69 Å². The molecular weight excluding hydrogens is 360 g/mol. The SMILES string of the molecule is CCN1C(=O)COC[C@@H]1[C@H](O)c1ccc(NC(=O)c2ccc(OC)cc2)cc1. The maximum Gasteiger partial charge on any atom is 0.255 e. The van der Waals surface area contributed by atoms with Crippen molar-refractivity contribution in [1.29, 1.82) is 0 Å². The number of hydrogen-bond acceptors (Lipinski definition) is 5. The number of aliphatic hydroxyl groups excluding tert-OH is 1. The van der Waals surface area contributed by atoms with Gasteiger partial charge in [0.15, 0.2) is 0 Å².